The number of hydrogen-bond acceptors (Lipinski definition) is 3. The molecule has 0 bridgehead atoms. The first kappa shape index (κ1) is 12.6. The molecule has 2 aromatic rings. The largest absolute Gasteiger partial charge is 0.324 e. The van der Waals surface area contributed by atoms with Crippen molar-refractivity contribution in [3.8, 4) is 11.4 Å². The van der Waals surface area contributed by atoms with Gasteiger partial charge in [-0.25, -0.2) is 8.78 Å². The van der Waals surface area contributed by atoms with E-state index in [-0.39, 0.29) is 12.6 Å². The Morgan fingerprint density at radius 3 is 2.50 bits per heavy atom. The summed E-state index contributed by atoms with van der Waals surface area (Å²) in [4.78, 5) is 0. The Kier molecular flexibility index (Phi) is 3.38. The summed E-state index contributed by atoms with van der Waals surface area (Å²) < 4.78 is 27.9. The highest BCUT2D eigenvalue weighted by molar-refractivity contribution is 5.55. The second-order valence-corrected chi connectivity index (χ2v) is 4.24. The van der Waals surface area contributed by atoms with Gasteiger partial charge in [-0.1, -0.05) is 0 Å². The normalized spacial score (nSPS) is 11.2. The molecule has 0 radical (unpaired) electrons. The second-order valence-electron chi connectivity index (χ2n) is 4.24. The van der Waals surface area contributed by atoms with E-state index in [0.717, 1.165) is 12.1 Å². The number of nitrogens with zero attached hydrogens (tertiary/aromatic N) is 3. The molecule has 0 aliphatic rings. The molecule has 0 aliphatic carbocycles. The van der Waals surface area contributed by atoms with Crippen LogP contribution in [-0.4, -0.2) is 14.8 Å². The van der Waals surface area contributed by atoms with Crippen LogP contribution in [0.1, 0.15) is 25.7 Å². The molecule has 0 spiro atoms. The van der Waals surface area contributed by atoms with Crippen molar-refractivity contribution < 1.29 is 8.78 Å². The first-order valence-electron chi connectivity index (χ1n) is 5.64. The van der Waals surface area contributed by atoms with Gasteiger partial charge >= 0.3 is 0 Å². The minimum atomic E-state index is -0.903. The summed E-state index contributed by atoms with van der Waals surface area (Å²) in [6.45, 7) is 4.15. The van der Waals surface area contributed by atoms with Gasteiger partial charge in [0.15, 0.2) is 17.5 Å². The average molecular weight is 252 g/mol. The molecule has 1 heterocycles. The number of nitrogens with two attached hydrogens (primary N) is 1. The Balaban J connectivity index is 2.56. The van der Waals surface area contributed by atoms with Gasteiger partial charge in [-0.3, -0.25) is 0 Å². The van der Waals surface area contributed by atoms with Gasteiger partial charge in [-0.05, 0) is 32.0 Å². The molecule has 18 heavy (non-hydrogen) atoms. The first-order valence-corrected chi connectivity index (χ1v) is 5.64. The van der Waals surface area contributed by atoms with Crippen LogP contribution in [0.15, 0.2) is 18.2 Å². The van der Waals surface area contributed by atoms with Gasteiger partial charge < -0.3 is 10.3 Å². The van der Waals surface area contributed by atoms with Crippen LogP contribution in [0.25, 0.3) is 11.4 Å². The molecule has 0 saturated carbocycles. The van der Waals surface area contributed by atoms with Crippen molar-refractivity contribution in [1.29, 1.82) is 0 Å². The summed E-state index contributed by atoms with van der Waals surface area (Å²) in [5.74, 6) is -0.678. The topological polar surface area (TPSA) is 56.7 Å². The van der Waals surface area contributed by atoms with Gasteiger partial charge in [-0.15, -0.1) is 10.2 Å². The standard InChI is InChI=1S/C12H14F2N4/c1-7(2)18-11(6-15)16-17-12(18)8-3-4-9(13)10(14)5-8/h3-5,7H,6,15H2,1-2H3. The minimum absolute atomic E-state index is 0.0849. The van der Waals surface area contributed by atoms with Crippen LogP contribution in [0.3, 0.4) is 0 Å². The fraction of sp³-hybridized carbons (Fsp3) is 0.333. The highest BCUT2D eigenvalue weighted by atomic mass is 19.2. The third-order valence-corrected chi connectivity index (χ3v) is 2.64. The van der Waals surface area contributed by atoms with E-state index in [9.17, 15) is 8.78 Å². The minimum Gasteiger partial charge on any atom is -0.324 e. The van der Waals surface area contributed by atoms with Crippen LogP contribution >= 0.6 is 0 Å². The van der Waals surface area contributed by atoms with Crippen LogP contribution in [-0.2, 0) is 6.54 Å². The number of aromatic nitrogens is 3. The van der Waals surface area contributed by atoms with E-state index < -0.39 is 11.6 Å². The van der Waals surface area contributed by atoms with E-state index in [4.69, 9.17) is 5.73 Å². The molecule has 4 nitrogen and oxygen atoms in total. The van der Waals surface area contributed by atoms with Crippen molar-refractivity contribution in [3.63, 3.8) is 0 Å². The first-order chi connectivity index (χ1) is 8.54. The van der Waals surface area contributed by atoms with Crippen LogP contribution in [0.4, 0.5) is 8.78 Å². The smallest absolute Gasteiger partial charge is 0.164 e. The van der Waals surface area contributed by atoms with E-state index in [1.54, 1.807) is 0 Å². The van der Waals surface area contributed by atoms with Gasteiger partial charge in [0.1, 0.15) is 5.82 Å². The molecule has 2 rings (SSSR count). The Morgan fingerprint density at radius 1 is 1.22 bits per heavy atom. The van der Waals surface area contributed by atoms with Crippen molar-refractivity contribution in [3.05, 3.63) is 35.7 Å². The summed E-state index contributed by atoms with van der Waals surface area (Å²) in [7, 11) is 0. The molecule has 0 unspecified atom stereocenters. The van der Waals surface area contributed by atoms with Crippen molar-refractivity contribution in [1.82, 2.24) is 14.8 Å². The number of rotatable bonds is 3. The Bertz CT molecular complexity index is 563. The molecule has 0 amide bonds. The highest BCUT2D eigenvalue weighted by Gasteiger charge is 2.16. The maximum atomic E-state index is 13.2. The molecule has 0 aliphatic heterocycles. The lowest BCUT2D eigenvalue weighted by Crippen LogP contribution is -2.11. The summed E-state index contributed by atoms with van der Waals surface area (Å²) >= 11 is 0. The molecule has 2 N–H and O–H groups in total. The predicted octanol–water partition coefficient (Wildman–Crippen LogP) is 2.26. The molecule has 96 valence electrons. The van der Waals surface area contributed by atoms with Crippen LogP contribution < -0.4 is 5.73 Å². The maximum absolute atomic E-state index is 13.2. The molecule has 1 aromatic heterocycles. The van der Waals surface area contributed by atoms with Gasteiger partial charge in [0.25, 0.3) is 0 Å². The average Bonchev–Trinajstić information content (AvgIpc) is 2.76. The molecular formula is C12H14F2N4. The van der Waals surface area contributed by atoms with Crippen LogP contribution in [0.5, 0.6) is 0 Å². The Hall–Kier alpha value is -1.82. The quantitative estimate of drug-likeness (QED) is 0.911. The van der Waals surface area contributed by atoms with E-state index in [1.165, 1.54) is 6.07 Å². The molecule has 1 aromatic carbocycles. The molecule has 0 atom stereocenters. The van der Waals surface area contributed by atoms with E-state index >= 15 is 0 Å². The SMILES string of the molecule is CC(C)n1c(CN)nnc1-c1ccc(F)c(F)c1. The third kappa shape index (κ3) is 2.11. The Morgan fingerprint density at radius 2 is 1.94 bits per heavy atom. The lowest BCUT2D eigenvalue weighted by molar-refractivity contribution is 0.508. The van der Waals surface area contributed by atoms with Crippen molar-refractivity contribution >= 4 is 0 Å². The predicted molar refractivity (Wildman–Crippen MR) is 63.7 cm³/mol. The molecular weight excluding hydrogens is 238 g/mol. The summed E-state index contributed by atoms with van der Waals surface area (Å²) in [6.07, 6.45) is 0. The zero-order chi connectivity index (χ0) is 13.3. The van der Waals surface area contributed by atoms with Gasteiger partial charge in [0.05, 0.1) is 6.54 Å². The van der Waals surface area contributed by atoms with Crippen LogP contribution in [0.2, 0.25) is 0 Å². The molecule has 6 heteroatoms. The zero-order valence-electron chi connectivity index (χ0n) is 10.2. The van der Waals surface area contributed by atoms with Gasteiger partial charge in [-0.2, -0.15) is 0 Å². The maximum Gasteiger partial charge on any atom is 0.164 e. The zero-order valence-corrected chi connectivity index (χ0v) is 10.2. The van der Waals surface area contributed by atoms with E-state index in [2.05, 4.69) is 10.2 Å². The lowest BCUT2D eigenvalue weighted by Gasteiger charge is -2.13. The van der Waals surface area contributed by atoms with Crippen molar-refractivity contribution in [2.45, 2.75) is 26.4 Å². The molecule has 0 fully saturated rings. The van der Waals surface area contributed by atoms with Gasteiger partial charge in [0.2, 0.25) is 0 Å². The lowest BCUT2D eigenvalue weighted by atomic mass is 10.2. The fourth-order valence-corrected chi connectivity index (χ4v) is 1.84. The van der Waals surface area contributed by atoms with Crippen LogP contribution in [0, 0.1) is 11.6 Å². The fourth-order valence-electron chi connectivity index (χ4n) is 1.84. The van der Waals surface area contributed by atoms with Crippen molar-refractivity contribution in [2.24, 2.45) is 5.73 Å². The second kappa shape index (κ2) is 4.81. The third-order valence-electron chi connectivity index (χ3n) is 2.64. The molecule has 0 saturated heterocycles. The van der Waals surface area contributed by atoms with Crippen molar-refractivity contribution in [2.75, 3.05) is 0 Å². The monoisotopic (exact) mass is 252 g/mol. The number of halogens is 2. The number of benzene rings is 1. The van der Waals surface area contributed by atoms with E-state index in [0.29, 0.717) is 17.2 Å². The summed E-state index contributed by atoms with van der Waals surface area (Å²) in [5, 5.41) is 7.95. The van der Waals surface area contributed by atoms with E-state index in [1.807, 2.05) is 18.4 Å². The number of hydrogen-bond donors (Lipinski definition) is 1. The summed E-state index contributed by atoms with van der Waals surface area (Å²) in [6, 6.07) is 3.74. The Labute approximate surface area is 103 Å². The summed E-state index contributed by atoms with van der Waals surface area (Å²) in [5.41, 5.74) is 6.06. The highest BCUT2D eigenvalue weighted by Crippen LogP contribution is 2.23. The van der Waals surface area contributed by atoms with Gasteiger partial charge in [0, 0.05) is 11.6 Å².